The first kappa shape index (κ1) is 23.1. The number of hydrogen-bond donors (Lipinski definition) is 1. The van der Waals surface area contributed by atoms with E-state index < -0.39 is 24.5 Å². The summed E-state index contributed by atoms with van der Waals surface area (Å²) >= 11 is 12.1. The molecule has 1 amide bonds. The van der Waals surface area contributed by atoms with Gasteiger partial charge in [0.05, 0.1) is 13.2 Å². The van der Waals surface area contributed by atoms with Crippen LogP contribution in [0.25, 0.3) is 0 Å². The van der Waals surface area contributed by atoms with E-state index in [9.17, 15) is 22.4 Å². The monoisotopic (exact) mass is 475 g/mol. The first-order valence-corrected chi connectivity index (χ1v) is 9.58. The molecular weight excluding hydrogens is 461 g/mol. The van der Waals surface area contributed by atoms with Crippen molar-refractivity contribution < 1.29 is 27.1 Å². The first-order valence-electron chi connectivity index (χ1n) is 8.83. The van der Waals surface area contributed by atoms with Crippen LogP contribution in [0.3, 0.4) is 0 Å². The first-order chi connectivity index (χ1) is 14.6. The van der Waals surface area contributed by atoms with Gasteiger partial charge in [-0.2, -0.15) is 18.3 Å². The topological polar surface area (TPSA) is 56.2 Å². The van der Waals surface area contributed by atoms with Crippen molar-refractivity contribution in [3.8, 4) is 0 Å². The number of benzene rings is 2. The van der Waals surface area contributed by atoms with Crippen LogP contribution in [-0.4, -0.2) is 28.5 Å². The fraction of sp³-hybridized carbons (Fsp3) is 0.200. The summed E-state index contributed by atoms with van der Waals surface area (Å²) < 4.78 is 56.5. The maximum Gasteiger partial charge on any atom is 0.411 e. The number of hydrogen-bond acceptors (Lipinski definition) is 3. The third-order valence-corrected chi connectivity index (χ3v) is 4.69. The van der Waals surface area contributed by atoms with E-state index in [0.717, 1.165) is 0 Å². The van der Waals surface area contributed by atoms with E-state index in [-0.39, 0.29) is 40.1 Å². The molecule has 5 nitrogen and oxygen atoms in total. The van der Waals surface area contributed by atoms with Crippen molar-refractivity contribution in [1.29, 1.82) is 0 Å². The van der Waals surface area contributed by atoms with Crippen LogP contribution in [0.5, 0.6) is 0 Å². The van der Waals surface area contributed by atoms with Gasteiger partial charge < -0.3 is 10.1 Å². The van der Waals surface area contributed by atoms with Crippen LogP contribution in [0.2, 0.25) is 10.0 Å². The van der Waals surface area contributed by atoms with Crippen LogP contribution >= 0.6 is 23.2 Å². The molecule has 164 valence electrons. The van der Waals surface area contributed by atoms with E-state index in [4.69, 9.17) is 23.2 Å². The van der Waals surface area contributed by atoms with Crippen molar-refractivity contribution in [1.82, 2.24) is 9.78 Å². The Balaban J connectivity index is 1.68. The second-order valence-electron chi connectivity index (χ2n) is 6.49. The molecule has 0 radical (unpaired) electrons. The SMILES string of the molecule is O=C(Nc1nn(Cc2c(F)cccc2Cl)cc1Cl)c1cccc(COCC(F)(F)F)c1. The van der Waals surface area contributed by atoms with Crippen molar-refractivity contribution in [3.63, 3.8) is 0 Å². The van der Waals surface area contributed by atoms with E-state index in [1.54, 1.807) is 6.07 Å². The number of aromatic nitrogens is 2. The van der Waals surface area contributed by atoms with Crippen LogP contribution in [0.4, 0.5) is 23.4 Å². The zero-order valence-corrected chi connectivity index (χ0v) is 17.2. The van der Waals surface area contributed by atoms with Gasteiger partial charge in [-0.25, -0.2) is 4.39 Å². The smallest absolute Gasteiger partial charge is 0.367 e. The van der Waals surface area contributed by atoms with E-state index in [1.165, 1.54) is 47.3 Å². The molecule has 31 heavy (non-hydrogen) atoms. The lowest BCUT2D eigenvalue weighted by Gasteiger charge is -2.09. The Bertz CT molecular complexity index is 1070. The van der Waals surface area contributed by atoms with Gasteiger partial charge in [0.15, 0.2) is 5.82 Å². The molecule has 0 saturated carbocycles. The van der Waals surface area contributed by atoms with Crippen molar-refractivity contribution >= 4 is 34.9 Å². The van der Waals surface area contributed by atoms with Crippen molar-refractivity contribution in [3.05, 3.63) is 81.2 Å². The predicted octanol–water partition coefficient (Wildman–Crippen LogP) is 5.71. The molecule has 0 spiro atoms. The molecule has 3 rings (SSSR count). The van der Waals surface area contributed by atoms with E-state index in [2.05, 4.69) is 15.2 Å². The summed E-state index contributed by atoms with van der Waals surface area (Å²) in [6.07, 6.45) is -3.03. The van der Waals surface area contributed by atoms with Crippen LogP contribution in [0, 0.1) is 5.82 Å². The molecule has 0 atom stereocenters. The molecule has 0 saturated heterocycles. The zero-order chi connectivity index (χ0) is 22.6. The summed E-state index contributed by atoms with van der Waals surface area (Å²) in [4.78, 5) is 12.5. The Kier molecular flexibility index (Phi) is 7.19. The van der Waals surface area contributed by atoms with E-state index >= 15 is 0 Å². The molecule has 0 unspecified atom stereocenters. The maximum absolute atomic E-state index is 14.0. The Morgan fingerprint density at radius 3 is 2.58 bits per heavy atom. The molecule has 0 aliphatic carbocycles. The quantitative estimate of drug-likeness (QED) is 0.445. The summed E-state index contributed by atoms with van der Waals surface area (Å²) in [5, 5.41) is 6.99. The van der Waals surface area contributed by atoms with E-state index in [1.807, 2.05) is 0 Å². The minimum atomic E-state index is -4.43. The average Bonchev–Trinajstić information content (AvgIpc) is 3.03. The molecule has 0 bridgehead atoms. The number of alkyl halides is 3. The van der Waals surface area contributed by atoms with Crippen molar-refractivity contribution in [2.24, 2.45) is 0 Å². The van der Waals surface area contributed by atoms with Gasteiger partial charge in [-0.05, 0) is 29.8 Å². The minimum absolute atomic E-state index is 0.00682. The number of nitrogens with zero attached hydrogens (tertiary/aromatic N) is 2. The summed E-state index contributed by atoms with van der Waals surface area (Å²) in [6, 6.07) is 10.2. The van der Waals surface area contributed by atoms with Crippen LogP contribution < -0.4 is 5.32 Å². The summed E-state index contributed by atoms with van der Waals surface area (Å²) in [5.41, 5.74) is 0.784. The van der Waals surface area contributed by atoms with Gasteiger partial charge in [0.1, 0.15) is 17.4 Å². The van der Waals surface area contributed by atoms with Gasteiger partial charge in [0.2, 0.25) is 0 Å². The average molecular weight is 476 g/mol. The maximum atomic E-state index is 14.0. The summed E-state index contributed by atoms with van der Waals surface area (Å²) in [7, 11) is 0. The number of halogens is 6. The van der Waals surface area contributed by atoms with Crippen LogP contribution in [0.15, 0.2) is 48.7 Å². The standard InChI is InChI=1S/C20H15Cl2F4N3O2/c21-15-5-2-6-17(23)14(15)8-29-9-16(22)18(28-29)27-19(30)13-4-1-3-12(7-13)10-31-11-20(24,25)26/h1-7,9H,8,10-11H2,(H,27,28,30). The largest absolute Gasteiger partial charge is 0.411 e. The molecule has 1 N–H and O–H groups in total. The Morgan fingerprint density at radius 1 is 1.13 bits per heavy atom. The number of carbonyl (C=O) groups is 1. The lowest BCUT2D eigenvalue weighted by molar-refractivity contribution is -0.176. The zero-order valence-electron chi connectivity index (χ0n) is 15.7. The Morgan fingerprint density at radius 2 is 1.87 bits per heavy atom. The van der Waals surface area contributed by atoms with Crippen LogP contribution in [0.1, 0.15) is 21.5 Å². The highest BCUT2D eigenvalue weighted by atomic mass is 35.5. The number of amides is 1. The highest BCUT2D eigenvalue weighted by Crippen LogP contribution is 2.24. The predicted molar refractivity (Wildman–Crippen MR) is 108 cm³/mol. The second-order valence-corrected chi connectivity index (χ2v) is 7.30. The molecule has 0 fully saturated rings. The molecule has 0 aliphatic heterocycles. The lowest BCUT2D eigenvalue weighted by Crippen LogP contribution is -2.17. The minimum Gasteiger partial charge on any atom is -0.367 e. The van der Waals surface area contributed by atoms with Gasteiger partial charge in [-0.3, -0.25) is 9.48 Å². The number of carbonyl (C=O) groups excluding carboxylic acids is 1. The third-order valence-electron chi connectivity index (χ3n) is 4.05. The Hall–Kier alpha value is -2.62. The number of ether oxygens (including phenoxy) is 1. The summed E-state index contributed by atoms with van der Waals surface area (Å²) in [6.45, 7) is -1.70. The second kappa shape index (κ2) is 9.67. The van der Waals surface area contributed by atoms with Gasteiger partial charge in [-0.15, -0.1) is 0 Å². The van der Waals surface area contributed by atoms with Gasteiger partial charge >= 0.3 is 6.18 Å². The molecule has 3 aromatic rings. The molecular formula is C20H15Cl2F4N3O2. The highest BCUT2D eigenvalue weighted by Gasteiger charge is 2.27. The van der Waals surface area contributed by atoms with Crippen molar-refractivity contribution in [2.45, 2.75) is 19.3 Å². The van der Waals surface area contributed by atoms with Gasteiger partial charge in [0.25, 0.3) is 5.91 Å². The molecule has 1 heterocycles. The molecule has 1 aromatic heterocycles. The molecule has 0 aliphatic rings. The Labute approximate surface area is 184 Å². The van der Waals surface area contributed by atoms with Crippen LogP contribution in [-0.2, 0) is 17.9 Å². The molecule has 2 aromatic carbocycles. The third kappa shape index (κ3) is 6.43. The fourth-order valence-corrected chi connectivity index (χ4v) is 3.10. The molecule has 11 heteroatoms. The van der Waals surface area contributed by atoms with Gasteiger partial charge in [-0.1, -0.05) is 41.4 Å². The lowest BCUT2D eigenvalue weighted by atomic mass is 10.1. The number of nitrogens with one attached hydrogen (secondary N) is 1. The fourth-order valence-electron chi connectivity index (χ4n) is 2.67. The van der Waals surface area contributed by atoms with Gasteiger partial charge in [0, 0.05) is 22.3 Å². The normalized spacial score (nSPS) is 11.5. The summed E-state index contributed by atoms with van der Waals surface area (Å²) in [5.74, 6) is -1.04. The number of anilines is 1. The number of rotatable bonds is 7. The van der Waals surface area contributed by atoms with E-state index in [0.29, 0.717) is 5.56 Å². The highest BCUT2D eigenvalue weighted by molar-refractivity contribution is 6.33. The van der Waals surface area contributed by atoms with Crippen molar-refractivity contribution in [2.75, 3.05) is 11.9 Å².